The third kappa shape index (κ3) is 5.26. The van der Waals surface area contributed by atoms with Crippen molar-refractivity contribution in [2.24, 2.45) is 0 Å². The summed E-state index contributed by atoms with van der Waals surface area (Å²) in [6.07, 6.45) is 3.09. The van der Waals surface area contributed by atoms with Crippen LogP contribution < -0.4 is 10.6 Å². The normalized spacial score (nSPS) is 12.6. The molecule has 0 aromatic heterocycles. The van der Waals surface area contributed by atoms with Crippen molar-refractivity contribution in [1.29, 1.82) is 0 Å². The topological polar surface area (TPSA) is 41.1 Å². The van der Waals surface area contributed by atoms with Crippen molar-refractivity contribution < 1.29 is 9.18 Å². The monoisotopic (exact) mass is 236 g/mol. The third-order valence-corrected chi connectivity index (χ3v) is 2.37. The molecule has 1 aromatic rings. The van der Waals surface area contributed by atoms with Crippen LogP contribution in [-0.2, 0) is 4.79 Å². The first-order valence-corrected chi connectivity index (χ1v) is 5.50. The van der Waals surface area contributed by atoms with E-state index in [0.29, 0.717) is 6.54 Å². The van der Waals surface area contributed by atoms with Gasteiger partial charge in [-0.1, -0.05) is 12.1 Å². The molecule has 0 aliphatic carbocycles. The summed E-state index contributed by atoms with van der Waals surface area (Å²) in [5, 5.41) is 5.77. The lowest BCUT2D eigenvalue weighted by Crippen LogP contribution is -2.36. The summed E-state index contributed by atoms with van der Waals surface area (Å²) in [4.78, 5) is 11.4. The van der Waals surface area contributed by atoms with Gasteiger partial charge < -0.3 is 10.6 Å². The van der Waals surface area contributed by atoms with Crippen LogP contribution in [0.15, 0.2) is 30.3 Å². The number of amides is 1. The van der Waals surface area contributed by atoms with Crippen LogP contribution in [0, 0.1) is 5.82 Å². The van der Waals surface area contributed by atoms with E-state index in [9.17, 15) is 9.18 Å². The number of hydrogen-bond acceptors (Lipinski definition) is 2. The smallest absolute Gasteiger partial charge is 0.244 e. The number of carbonyl (C=O) groups excluding carboxylic acids is 1. The van der Waals surface area contributed by atoms with E-state index in [2.05, 4.69) is 10.6 Å². The summed E-state index contributed by atoms with van der Waals surface area (Å²) in [5.41, 5.74) is 0.795. The fourth-order valence-corrected chi connectivity index (χ4v) is 1.16. The van der Waals surface area contributed by atoms with E-state index < -0.39 is 0 Å². The standard InChI is InChI=1S/C13H17FN2O/c1-10(15-2)9-16-13(17)8-5-11-3-6-12(14)7-4-11/h3-8,10,15H,9H2,1-2H3,(H,16,17)/b8-5+. The molecule has 0 heterocycles. The Balaban J connectivity index is 2.42. The number of hydrogen-bond donors (Lipinski definition) is 2. The number of benzene rings is 1. The van der Waals surface area contributed by atoms with Gasteiger partial charge in [0.15, 0.2) is 0 Å². The summed E-state index contributed by atoms with van der Waals surface area (Å²) in [6.45, 7) is 2.55. The molecular weight excluding hydrogens is 219 g/mol. The van der Waals surface area contributed by atoms with Crippen LogP contribution in [0.25, 0.3) is 6.08 Å². The number of rotatable bonds is 5. The molecular formula is C13H17FN2O. The fraction of sp³-hybridized carbons (Fsp3) is 0.308. The Hall–Kier alpha value is -1.68. The number of carbonyl (C=O) groups is 1. The van der Waals surface area contributed by atoms with Gasteiger partial charge in [-0.2, -0.15) is 0 Å². The fourth-order valence-electron chi connectivity index (χ4n) is 1.16. The molecule has 0 saturated carbocycles. The van der Waals surface area contributed by atoms with Crippen molar-refractivity contribution in [2.75, 3.05) is 13.6 Å². The minimum Gasteiger partial charge on any atom is -0.351 e. The molecule has 0 bridgehead atoms. The zero-order chi connectivity index (χ0) is 12.7. The van der Waals surface area contributed by atoms with Gasteiger partial charge in [-0.3, -0.25) is 4.79 Å². The molecule has 1 unspecified atom stereocenters. The van der Waals surface area contributed by atoms with Crippen molar-refractivity contribution >= 4 is 12.0 Å². The molecule has 0 aliphatic rings. The van der Waals surface area contributed by atoms with E-state index in [1.807, 2.05) is 14.0 Å². The highest BCUT2D eigenvalue weighted by Gasteiger charge is 1.99. The van der Waals surface area contributed by atoms with Crippen LogP contribution in [0.4, 0.5) is 4.39 Å². The Morgan fingerprint density at radius 2 is 2.06 bits per heavy atom. The van der Waals surface area contributed by atoms with Gasteiger partial charge in [0.05, 0.1) is 0 Å². The first-order valence-electron chi connectivity index (χ1n) is 5.50. The van der Waals surface area contributed by atoms with Crippen LogP contribution in [0.1, 0.15) is 12.5 Å². The Kier molecular flexibility index (Phi) is 5.36. The Morgan fingerprint density at radius 3 is 2.65 bits per heavy atom. The van der Waals surface area contributed by atoms with E-state index in [-0.39, 0.29) is 17.8 Å². The molecule has 2 N–H and O–H groups in total. The Labute approximate surface area is 101 Å². The van der Waals surface area contributed by atoms with Gasteiger partial charge in [0.25, 0.3) is 0 Å². The number of likely N-dealkylation sites (N-methyl/N-ethyl adjacent to an activating group) is 1. The second-order valence-electron chi connectivity index (χ2n) is 3.82. The molecule has 1 aromatic carbocycles. The van der Waals surface area contributed by atoms with Crippen LogP contribution in [0.2, 0.25) is 0 Å². The highest BCUT2D eigenvalue weighted by atomic mass is 19.1. The van der Waals surface area contributed by atoms with Gasteiger partial charge >= 0.3 is 0 Å². The molecule has 0 fully saturated rings. The van der Waals surface area contributed by atoms with Crippen LogP contribution in [0.5, 0.6) is 0 Å². The number of nitrogens with one attached hydrogen (secondary N) is 2. The predicted octanol–water partition coefficient (Wildman–Crippen LogP) is 1.56. The second kappa shape index (κ2) is 6.81. The average molecular weight is 236 g/mol. The maximum atomic E-state index is 12.6. The lowest BCUT2D eigenvalue weighted by molar-refractivity contribution is -0.116. The zero-order valence-electron chi connectivity index (χ0n) is 10.0. The molecule has 1 atom stereocenters. The lowest BCUT2D eigenvalue weighted by atomic mass is 10.2. The summed E-state index contributed by atoms with van der Waals surface area (Å²) < 4.78 is 12.6. The van der Waals surface area contributed by atoms with Crippen LogP contribution >= 0.6 is 0 Å². The van der Waals surface area contributed by atoms with Crippen molar-refractivity contribution in [3.63, 3.8) is 0 Å². The highest BCUT2D eigenvalue weighted by Crippen LogP contribution is 2.04. The van der Waals surface area contributed by atoms with Crippen molar-refractivity contribution in [2.45, 2.75) is 13.0 Å². The third-order valence-electron chi connectivity index (χ3n) is 2.37. The van der Waals surface area contributed by atoms with Crippen molar-refractivity contribution in [3.8, 4) is 0 Å². The zero-order valence-corrected chi connectivity index (χ0v) is 10.0. The first kappa shape index (κ1) is 13.4. The SMILES string of the molecule is CNC(C)CNC(=O)/C=C/c1ccc(F)cc1. The quantitative estimate of drug-likeness (QED) is 0.762. The highest BCUT2D eigenvalue weighted by molar-refractivity contribution is 5.91. The molecule has 0 aliphatic heterocycles. The second-order valence-corrected chi connectivity index (χ2v) is 3.82. The van der Waals surface area contributed by atoms with Gasteiger partial charge in [-0.25, -0.2) is 4.39 Å². The predicted molar refractivity (Wildman–Crippen MR) is 67.0 cm³/mol. The first-order chi connectivity index (χ1) is 8.11. The van der Waals surface area contributed by atoms with Gasteiger partial charge in [-0.05, 0) is 37.7 Å². The summed E-state index contributed by atoms with van der Waals surface area (Å²) in [5.74, 6) is -0.439. The molecule has 4 heteroatoms. The average Bonchev–Trinajstić information content (AvgIpc) is 2.35. The van der Waals surface area contributed by atoms with E-state index in [1.165, 1.54) is 18.2 Å². The molecule has 0 radical (unpaired) electrons. The Bertz CT molecular complexity index is 387. The molecule has 0 spiro atoms. The molecule has 92 valence electrons. The van der Waals surface area contributed by atoms with E-state index in [1.54, 1.807) is 18.2 Å². The molecule has 17 heavy (non-hydrogen) atoms. The van der Waals surface area contributed by atoms with Gasteiger partial charge in [0, 0.05) is 18.7 Å². The van der Waals surface area contributed by atoms with Gasteiger partial charge in [0.2, 0.25) is 5.91 Å². The Morgan fingerprint density at radius 1 is 1.41 bits per heavy atom. The lowest BCUT2D eigenvalue weighted by Gasteiger charge is -2.09. The largest absolute Gasteiger partial charge is 0.351 e. The maximum Gasteiger partial charge on any atom is 0.244 e. The summed E-state index contributed by atoms with van der Waals surface area (Å²) in [6, 6.07) is 6.20. The van der Waals surface area contributed by atoms with E-state index in [4.69, 9.17) is 0 Å². The van der Waals surface area contributed by atoms with E-state index >= 15 is 0 Å². The number of halogens is 1. The van der Waals surface area contributed by atoms with Crippen LogP contribution in [0.3, 0.4) is 0 Å². The van der Waals surface area contributed by atoms with Crippen LogP contribution in [-0.4, -0.2) is 25.5 Å². The van der Waals surface area contributed by atoms with Gasteiger partial charge in [0.1, 0.15) is 5.82 Å². The minimum atomic E-state index is -0.283. The van der Waals surface area contributed by atoms with Gasteiger partial charge in [-0.15, -0.1) is 0 Å². The van der Waals surface area contributed by atoms with Crippen molar-refractivity contribution in [3.05, 3.63) is 41.7 Å². The van der Waals surface area contributed by atoms with E-state index in [0.717, 1.165) is 5.56 Å². The molecule has 0 saturated heterocycles. The minimum absolute atomic E-state index is 0.156. The molecule has 3 nitrogen and oxygen atoms in total. The van der Waals surface area contributed by atoms with Crippen molar-refractivity contribution in [1.82, 2.24) is 10.6 Å². The molecule has 1 amide bonds. The maximum absolute atomic E-state index is 12.6. The summed E-state index contributed by atoms with van der Waals surface area (Å²) in [7, 11) is 1.84. The molecule has 1 rings (SSSR count). The summed E-state index contributed by atoms with van der Waals surface area (Å²) >= 11 is 0.